The van der Waals surface area contributed by atoms with E-state index in [-0.39, 0.29) is 6.10 Å². The molecule has 0 bridgehead atoms. The first-order valence-corrected chi connectivity index (χ1v) is 26.9. The van der Waals surface area contributed by atoms with Crippen LogP contribution in [0, 0.1) is 0 Å². The van der Waals surface area contributed by atoms with E-state index in [1.54, 1.807) is 0 Å². The number of unbranched alkanes of at least 4 members (excludes halogenated alkanes) is 30. The highest BCUT2D eigenvalue weighted by atomic mass is 16.6. The average Bonchev–Trinajstić information content (AvgIpc) is 3.26. The van der Waals surface area contributed by atoms with Gasteiger partial charge in [-0.1, -0.05) is 223 Å². The predicted molar refractivity (Wildman–Crippen MR) is 270 cm³/mol. The van der Waals surface area contributed by atoms with Crippen LogP contribution < -0.4 is 0 Å². The normalized spacial score (nSPS) is 12.9. The van der Waals surface area contributed by atoms with Crippen LogP contribution in [0.1, 0.15) is 265 Å². The molecule has 1 atom stereocenters. The van der Waals surface area contributed by atoms with Gasteiger partial charge in [0.15, 0.2) is 0 Å². The fraction of sp³-hybridized carbons (Fsp3) is 0.825. The topological polar surface area (TPSA) is 27.7 Å². The minimum Gasteiger partial charge on any atom is -0.379 e. The monoisotopic (exact) mass is 839 g/mol. The van der Waals surface area contributed by atoms with Gasteiger partial charge in [0.1, 0.15) is 6.10 Å². The summed E-state index contributed by atoms with van der Waals surface area (Å²) in [5.74, 6) is 0. The summed E-state index contributed by atoms with van der Waals surface area (Å²) in [7, 11) is 0. The van der Waals surface area contributed by atoms with E-state index in [0.717, 1.165) is 58.3 Å². The molecular formula is C57H106O3. The maximum atomic E-state index is 6.35. The van der Waals surface area contributed by atoms with E-state index in [9.17, 15) is 0 Å². The fourth-order valence-electron chi connectivity index (χ4n) is 7.63. The highest BCUT2D eigenvalue weighted by Crippen LogP contribution is 2.13. The molecule has 0 aromatic rings. The highest BCUT2D eigenvalue weighted by molar-refractivity contribution is 4.97. The summed E-state index contributed by atoms with van der Waals surface area (Å²) in [6.07, 6.45) is 73.1. The maximum Gasteiger partial charge on any atom is 0.104 e. The van der Waals surface area contributed by atoms with Crippen LogP contribution in [0.3, 0.4) is 0 Å². The van der Waals surface area contributed by atoms with Crippen molar-refractivity contribution in [3.63, 3.8) is 0 Å². The van der Waals surface area contributed by atoms with Crippen molar-refractivity contribution < 1.29 is 14.2 Å². The Morgan fingerprint density at radius 1 is 0.283 bits per heavy atom. The lowest BCUT2D eigenvalue weighted by Crippen LogP contribution is -2.26. The molecule has 0 amide bonds. The molecule has 3 nitrogen and oxygen atoms in total. The number of rotatable bonds is 51. The zero-order valence-electron chi connectivity index (χ0n) is 41.0. The second kappa shape index (κ2) is 55.6. The van der Waals surface area contributed by atoms with Crippen LogP contribution in [0.4, 0.5) is 0 Å². The number of ether oxygens (including phenoxy) is 3. The summed E-state index contributed by atoms with van der Waals surface area (Å²) in [6.45, 7) is 10.6. The molecule has 0 fully saturated rings. The van der Waals surface area contributed by atoms with Gasteiger partial charge in [-0.3, -0.25) is 0 Å². The Balaban J connectivity index is 4.08. The summed E-state index contributed by atoms with van der Waals surface area (Å²) >= 11 is 0. The Morgan fingerprint density at radius 2 is 0.567 bits per heavy atom. The van der Waals surface area contributed by atoms with Gasteiger partial charge in [0.2, 0.25) is 0 Å². The maximum absolute atomic E-state index is 6.35. The molecule has 0 spiro atoms. The van der Waals surface area contributed by atoms with Crippen molar-refractivity contribution in [3.8, 4) is 0 Å². The van der Waals surface area contributed by atoms with E-state index in [2.05, 4.69) is 81.5 Å². The van der Waals surface area contributed by atoms with E-state index < -0.39 is 0 Å². The van der Waals surface area contributed by atoms with Crippen molar-refractivity contribution in [3.05, 3.63) is 60.8 Å². The number of hydrogen-bond donors (Lipinski definition) is 0. The molecule has 3 heteroatoms. The van der Waals surface area contributed by atoms with Crippen molar-refractivity contribution in [1.82, 2.24) is 0 Å². The molecule has 0 saturated carbocycles. The molecule has 0 radical (unpaired) electrons. The average molecular weight is 839 g/mol. The van der Waals surface area contributed by atoms with E-state index in [1.165, 1.54) is 205 Å². The summed E-state index contributed by atoms with van der Waals surface area (Å²) < 4.78 is 18.7. The highest BCUT2D eigenvalue weighted by Gasteiger charge is 2.10. The minimum absolute atomic E-state index is 0.0590. The van der Waals surface area contributed by atoms with Gasteiger partial charge in [0, 0.05) is 19.8 Å². The van der Waals surface area contributed by atoms with Crippen molar-refractivity contribution in [2.75, 3.05) is 33.0 Å². The molecule has 0 saturated heterocycles. The van der Waals surface area contributed by atoms with Crippen LogP contribution in [0.5, 0.6) is 0 Å². The van der Waals surface area contributed by atoms with Crippen LogP contribution in [0.2, 0.25) is 0 Å². The predicted octanol–water partition coefficient (Wildman–Crippen LogP) is 19.1. The Bertz CT molecular complexity index is 916. The van der Waals surface area contributed by atoms with Crippen molar-refractivity contribution in [1.29, 1.82) is 0 Å². The molecule has 60 heavy (non-hydrogen) atoms. The Morgan fingerprint density at radius 3 is 0.933 bits per heavy atom. The Kier molecular flexibility index (Phi) is 54.3. The second-order valence-corrected chi connectivity index (χ2v) is 17.7. The lowest BCUT2D eigenvalue weighted by Gasteiger charge is -2.18. The van der Waals surface area contributed by atoms with Crippen molar-refractivity contribution >= 4 is 0 Å². The van der Waals surface area contributed by atoms with Gasteiger partial charge in [0.25, 0.3) is 0 Å². The van der Waals surface area contributed by atoms with E-state index in [4.69, 9.17) is 14.2 Å². The van der Waals surface area contributed by atoms with Gasteiger partial charge >= 0.3 is 0 Å². The molecule has 0 rings (SSSR count). The first-order valence-electron chi connectivity index (χ1n) is 26.9. The van der Waals surface area contributed by atoms with Gasteiger partial charge in [-0.25, -0.2) is 0 Å². The van der Waals surface area contributed by atoms with Crippen LogP contribution in [-0.2, 0) is 14.2 Å². The minimum atomic E-state index is 0.0590. The zero-order chi connectivity index (χ0) is 43.2. The number of hydrogen-bond acceptors (Lipinski definition) is 3. The largest absolute Gasteiger partial charge is 0.379 e. The molecule has 0 aromatic carbocycles. The number of allylic oxidation sites excluding steroid dienone is 10. The summed E-state index contributed by atoms with van der Waals surface area (Å²) in [5, 5.41) is 0. The zero-order valence-corrected chi connectivity index (χ0v) is 41.0. The SMILES string of the molecule is CC/C=C\C/C=C\C/C=C\CCCCCCCCOCC(COCCCCCCCC/C=C\CCCCCCCC)OCCCCCCCC/C=C\CCCCCCCC. The third kappa shape index (κ3) is 52.7. The fourth-order valence-corrected chi connectivity index (χ4v) is 7.63. The summed E-state index contributed by atoms with van der Waals surface area (Å²) in [4.78, 5) is 0. The molecule has 1 unspecified atom stereocenters. The quantitative estimate of drug-likeness (QED) is 0.0451. The van der Waals surface area contributed by atoms with E-state index in [0.29, 0.717) is 13.2 Å². The third-order valence-electron chi connectivity index (χ3n) is 11.6. The molecule has 0 aliphatic heterocycles. The molecule has 0 aliphatic rings. The van der Waals surface area contributed by atoms with Gasteiger partial charge in [0.05, 0.1) is 13.2 Å². The molecule has 352 valence electrons. The smallest absolute Gasteiger partial charge is 0.104 e. The van der Waals surface area contributed by atoms with Crippen LogP contribution in [0.25, 0.3) is 0 Å². The van der Waals surface area contributed by atoms with Crippen molar-refractivity contribution in [2.45, 2.75) is 271 Å². The van der Waals surface area contributed by atoms with Gasteiger partial charge in [-0.2, -0.15) is 0 Å². The Hall–Kier alpha value is -1.42. The molecule has 0 aliphatic carbocycles. The molecule has 0 aromatic heterocycles. The lowest BCUT2D eigenvalue weighted by atomic mass is 10.1. The van der Waals surface area contributed by atoms with E-state index in [1.807, 2.05) is 0 Å². The van der Waals surface area contributed by atoms with Gasteiger partial charge in [-0.05, 0) is 103 Å². The first-order chi connectivity index (χ1) is 29.8. The van der Waals surface area contributed by atoms with Gasteiger partial charge in [-0.15, -0.1) is 0 Å². The second-order valence-electron chi connectivity index (χ2n) is 17.7. The Labute approximate surface area is 377 Å². The molecule has 0 heterocycles. The van der Waals surface area contributed by atoms with Gasteiger partial charge < -0.3 is 14.2 Å². The summed E-state index contributed by atoms with van der Waals surface area (Å²) in [5.41, 5.74) is 0. The standard InChI is InChI=1S/C57H106O3/c1-4-7-10-13-16-19-22-25-28-31-34-37-40-43-46-49-52-58-55-57(60-54-51-48-45-42-39-36-33-30-27-24-21-18-15-12-9-6-3)56-59-53-50-47-44-41-38-35-32-29-26-23-20-17-14-11-8-5-2/h7,10,16,19,25-30,57H,4-6,8-9,11-15,17-18,20-24,31-56H2,1-3H3/b10-7-,19-16-,28-25-,29-26-,30-27-. The van der Waals surface area contributed by atoms with Crippen LogP contribution >= 0.6 is 0 Å². The lowest BCUT2D eigenvalue weighted by molar-refractivity contribution is -0.0616. The molecular weight excluding hydrogens is 733 g/mol. The first kappa shape index (κ1) is 58.6. The molecule has 0 N–H and O–H groups in total. The van der Waals surface area contributed by atoms with E-state index >= 15 is 0 Å². The third-order valence-corrected chi connectivity index (χ3v) is 11.6. The van der Waals surface area contributed by atoms with Crippen LogP contribution in [0.15, 0.2) is 60.8 Å². The van der Waals surface area contributed by atoms with Crippen molar-refractivity contribution in [2.24, 2.45) is 0 Å². The summed E-state index contributed by atoms with van der Waals surface area (Å²) in [6, 6.07) is 0. The van der Waals surface area contributed by atoms with Crippen LogP contribution in [-0.4, -0.2) is 39.1 Å².